The summed E-state index contributed by atoms with van der Waals surface area (Å²) in [5.74, 6) is 0.577. The summed E-state index contributed by atoms with van der Waals surface area (Å²) in [6.07, 6.45) is 0. The Labute approximate surface area is 184 Å². The van der Waals surface area contributed by atoms with Crippen molar-refractivity contribution >= 4 is 74.5 Å². The van der Waals surface area contributed by atoms with Gasteiger partial charge in [0.1, 0.15) is 4.21 Å². The van der Waals surface area contributed by atoms with Crippen LogP contribution in [0.4, 0.5) is 0 Å². The lowest BCUT2D eigenvalue weighted by atomic mass is 10.2. The molecule has 0 amide bonds. The molecule has 0 saturated carbocycles. The predicted molar refractivity (Wildman–Crippen MR) is 120 cm³/mol. The number of thiophene rings is 1. The number of guanidine groups is 1. The van der Waals surface area contributed by atoms with E-state index in [1.54, 1.807) is 13.1 Å². The monoisotopic (exact) mass is 548 g/mol. The highest BCUT2D eigenvalue weighted by atomic mass is 127. The van der Waals surface area contributed by atoms with Crippen molar-refractivity contribution in [3.8, 4) is 0 Å². The lowest BCUT2D eigenvalue weighted by Crippen LogP contribution is -2.41. The Bertz CT molecular complexity index is 826. The molecule has 1 aromatic heterocycles. The van der Waals surface area contributed by atoms with Gasteiger partial charge in [-0.1, -0.05) is 35.3 Å². The van der Waals surface area contributed by atoms with Crippen LogP contribution < -0.4 is 15.4 Å². The van der Waals surface area contributed by atoms with Crippen LogP contribution in [-0.2, 0) is 16.6 Å². The van der Waals surface area contributed by atoms with Crippen LogP contribution in [-0.4, -0.2) is 34.5 Å². The zero-order valence-corrected chi connectivity index (χ0v) is 19.3. The van der Waals surface area contributed by atoms with E-state index in [-0.39, 0.29) is 34.7 Å². The third-order valence-electron chi connectivity index (χ3n) is 3.12. The molecule has 11 heteroatoms. The molecule has 0 aliphatic rings. The van der Waals surface area contributed by atoms with Gasteiger partial charge in [-0.15, -0.1) is 35.3 Å². The van der Waals surface area contributed by atoms with Gasteiger partial charge in [0, 0.05) is 31.7 Å². The van der Waals surface area contributed by atoms with Gasteiger partial charge in [0.2, 0.25) is 10.0 Å². The number of aliphatic imine (C=N–C) groups is 1. The van der Waals surface area contributed by atoms with E-state index in [0.29, 0.717) is 28.4 Å². The maximum Gasteiger partial charge on any atom is 0.250 e. The van der Waals surface area contributed by atoms with Gasteiger partial charge in [-0.05, 0) is 29.8 Å². The van der Waals surface area contributed by atoms with Gasteiger partial charge in [-0.25, -0.2) is 13.1 Å². The highest BCUT2D eigenvalue weighted by molar-refractivity contribution is 14.0. The second-order valence-electron chi connectivity index (χ2n) is 4.94. The minimum atomic E-state index is -3.53. The number of halogens is 3. The summed E-state index contributed by atoms with van der Waals surface area (Å²) in [6, 6.07) is 10.5. The normalized spacial score (nSPS) is 11.7. The average molecular weight is 549 g/mol. The number of rotatable bonds is 7. The highest BCUT2D eigenvalue weighted by Gasteiger charge is 2.15. The van der Waals surface area contributed by atoms with Crippen molar-refractivity contribution in [1.82, 2.24) is 15.4 Å². The first-order chi connectivity index (χ1) is 11.9. The zero-order chi connectivity index (χ0) is 18.3. The molecule has 2 rings (SSSR count). The summed E-state index contributed by atoms with van der Waals surface area (Å²) < 4.78 is 27.3. The van der Waals surface area contributed by atoms with Gasteiger partial charge in [-0.2, -0.15) is 0 Å². The standard InChI is InChI=1S/C15H18Cl2N4O2S2.HI/c1-18-15(20-10-11-2-4-12(16)5-3-11)19-8-9-21-25(22,23)14-7-6-13(17)24-14;/h2-7,21H,8-10H2,1H3,(H2,18,19,20);1H. The number of hydrogen-bond donors (Lipinski definition) is 3. The molecule has 26 heavy (non-hydrogen) atoms. The third kappa shape index (κ3) is 7.57. The van der Waals surface area contributed by atoms with Gasteiger partial charge in [-0.3, -0.25) is 4.99 Å². The van der Waals surface area contributed by atoms with Crippen LogP contribution >= 0.6 is 58.5 Å². The smallest absolute Gasteiger partial charge is 0.250 e. The van der Waals surface area contributed by atoms with Crippen molar-refractivity contribution in [2.24, 2.45) is 4.99 Å². The first-order valence-corrected chi connectivity index (χ1v) is 10.4. The molecule has 0 bridgehead atoms. The summed E-state index contributed by atoms with van der Waals surface area (Å²) in [4.78, 5) is 4.09. The van der Waals surface area contributed by atoms with Crippen LogP contribution in [0.2, 0.25) is 9.36 Å². The first kappa shape index (κ1) is 23.4. The van der Waals surface area contributed by atoms with E-state index < -0.39 is 10.0 Å². The number of nitrogens with one attached hydrogen (secondary N) is 3. The summed E-state index contributed by atoms with van der Waals surface area (Å²) in [5.41, 5.74) is 1.06. The largest absolute Gasteiger partial charge is 0.355 e. The summed E-state index contributed by atoms with van der Waals surface area (Å²) in [5, 5.41) is 6.87. The fraction of sp³-hybridized carbons (Fsp3) is 0.267. The molecule has 1 heterocycles. The summed E-state index contributed by atoms with van der Waals surface area (Å²) >= 11 is 12.6. The molecule has 0 unspecified atom stereocenters. The quantitative estimate of drug-likeness (QED) is 0.214. The topological polar surface area (TPSA) is 82.6 Å². The lowest BCUT2D eigenvalue weighted by molar-refractivity contribution is 0.582. The van der Waals surface area contributed by atoms with E-state index >= 15 is 0 Å². The molecule has 2 aromatic rings. The van der Waals surface area contributed by atoms with E-state index in [0.717, 1.165) is 16.9 Å². The van der Waals surface area contributed by atoms with Gasteiger partial charge in [0.15, 0.2) is 5.96 Å². The molecule has 0 aliphatic heterocycles. The Morgan fingerprint density at radius 3 is 2.35 bits per heavy atom. The fourth-order valence-electron chi connectivity index (χ4n) is 1.89. The predicted octanol–water partition coefficient (Wildman–Crippen LogP) is 3.32. The van der Waals surface area contributed by atoms with E-state index in [1.807, 2.05) is 24.3 Å². The molecule has 0 radical (unpaired) electrons. The van der Waals surface area contributed by atoms with Crippen LogP contribution in [0, 0.1) is 0 Å². The summed E-state index contributed by atoms with van der Waals surface area (Å²) in [6.45, 7) is 1.19. The van der Waals surface area contributed by atoms with E-state index in [4.69, 9.17) is 23.2 Å². The van der Waals surface area contributed by atoms with Gasteiger partial charge in [0.25, 0.3) is 0 Å². The molecule has 0 saturated heterocycles. The van der Waals surface area contributed by atoms with Crippen LogP contribution in [0.3, 0.4) is 0 Å². The molecule has 0 atom stereocenters. The SMILES string of the molecule is CN=C(NCCNS(=O)(=O)c1ccc(Cl)s1)NCc1ccc(Cl)cc1.I. The second-order valence-corrected chi connectivity index (χ2v) is 9.08. The molecular weight excluding hydrogens is 530 g/mol. The molecule has 6 nitrogen and oxygen atoms in total. The number of hydrogen-bond acceptors (Lipinski definition) is 4. The van der Waals surface area contributed by atoms with Crippen molar-refractivity contribution < 1.29 is 8.42 Å². The number of benzene rings is 1. The van der Waals surface area contributed by atoms with Crippen molar-refractivity contribution in [2.75, 3.05) is 20.1 Å². The third-order valence-corrected chi connectivity index (χ3v) is 6.56. The minimum Gasteiger partial charge on any atom is -0.355 e. The maximum atomic E-state index is 12.1. The molecule has 0 aliphatic carbocycles. The average Bonchev–Trinajstić information content (AvgIpc) is 3.03. The maximum absolute atomic E-state index is 12.1. The Hall–Kier alpha value is -0.590. The van der Waals surface area contributed by atoms with Crippen molar-refractivity contribution in [2.45, 2.75) is 10.8 Å². The Morgan fingerprint density at radius 1 is 1.08 bits per heavy atom. The van der Waals surface area contributed by atoms with E-state index in [2.05, 4.69) is 20.3 Å². The van der Waals surface area contributed by atoms with Crippen LogP contribution in [0.5, 0.6) is 0 Å². The molecular formula is C15H19Cl2IN4O2S2. The van der Waals surface area contributed by atoms with Crippen LogP contribution in [0.15, 0.2) is 45.6 Å². The van der Waals surface area contributed by atoms with Crippen LogP contribution in [0.25, 0.3) is 0 Å². The zero-order valence-electron chi connectivity index (χ0n) is 13.8. The Morgan fingerprint density at radius 2 is 1.77 bits per heavy atom. The molecule has 0 fully saturated rings. The first-order valence-electron chi connectivity index (χ1n) is 7.34. The number of sulfonamides is 1. The fourth-order valence-corrected chi connectivity index (χ4v) is 4.57. The van der Waals surface area contributed by atoms with Crippen molar-refractivity contribution in [3.05, 3.63) is 51.3 Å². The Kier molecular flexibility index (Phi) is 10.2. The van der Waals surface area contributed by atoms with E-state index in [1.165, 1.54) is 6.07 Å². The second kappa shape index (κ2) is 11.3. The molecule has 0 spiro atoms. The summed E-state index contributed by atoms with van der Waals surface area (Å²) in [7, 11) is -1.88. The minimum absolute atomic E-state index is 0. The molecule has 1 aromatic carbocycles. The van der Waals surface area contributed by atoms with Crippen molar-refractivity contribution in [3.63, 3.8) is 0 Å². The highest BCUT2D eigenvalue weighted by Crippen LogP contribution is 2.25. The van der Waals surface area contributed by atoms with Gasteiger partial charge in [0.05, 0.1) is 4.34 Å². The van der Waals surface area contributed by atoms with Crippen molar-refractivity contribution in [1.29, 1.82) is 0 Å². The molecule has 3 N–H and O–H groups in total. The Balaban J connectivity index is 0.00000338. The van der Waals surface area contributed by atoms with E-state index in [9.17, 15) is 8.42 Å². The lowest BCUT2D eigenvalue weighted by Gasteiger charge is -2.12. The molecule has 144 valence electrons. The van der Waals surface area contributed by atoms with Gasteiger partial charge >= 0.3 is 0 Å². The number of nitrogens with zero attached hydrogens (tertiary/aromatic N) is 1. The van der Waals surface area contributed by atoms with Gasteiger partial charge < -0.3 is 10.6 Å². The van der Waals surface area contributed by atoms with Crippen LogP contribution in [0.1, 0.15) is 5.56 Å².